The van der Waals surface area contributed by atoms with Crippen LogP contribution in [0.2, 0.25) is 0 Å². The topological polar surface area (TPSA) is 43.8 Å². The van der Waals surface area contributed by atoms with Crippen LogP contribution in [0.4, 0.5) is 10.3 Å². The first kappa shape index (κ1) is 13.8. The second kappa shape index (κ2) is 4.51. The number of aryl methyl sites for hydroxylation is 1. The predicted molar refractivity (Wildman–Crippen MR) is 77.5 cm³/mol. The Balaban J connectivity index is 2.54. The number of hydrogen-bond donors (Lipinski definition) is 1. The van der Waals surface area contributed by atoms with Crippen molar-refractivity contribution in [1.29, 1.82) is 0 Å². The second-order valence-corrected chi connectivity index (χ2v) is 6.29. The van der Waals surface area contributed by atoms with Crippen molar-refractivity contribution in [2.24, 2.45) is 11.3 Å². The first-order valence-electron chi connectivity index (χ1n) is 6.64. The van der Waals surface area contributed by atoms with E-state index in [2.05, 4.69) is 32.7 Å². The lowest BCUT2D eigenvalue weighted by Gasteiger charge is -2.30. The Morgan fingerprint density at radius 1 is 1.37 bits per heavy atom. The third-order valence-corrected chi connectivity index (χ3v) is 4.19. The lowest BCUT2D eigenvalue weighted by atomic mass is 9.81. The summed E-state index contributed by atoms with van der Waals surface area (Å²) in [5.41, 5.74) is 8.25. The van der Waals surface area contributed by atoms with E-state index < -0.39 is 0 Å². The van der Waals surface area contributed by atoms with Gasteiger partial charge in [0, 0.05) is 12.6 Å². The van der Waals surface area contributed by atoms with Crippen LogP contribution in [-0.2, 0) is 6.54 Å². The van der Waals surface area contributed by atoms with Gasteiger partial charge >= 0.3 is 0 Å². The minimum Gasteiger partial charge on any atom is -0.369 e. The molecule has 0 radical (unpaired) electrons. The van der Waals surface area contributed by atoms with Crippen LogP contribution in [0.5, 0.6) is 0 Å². The normalized spacial score (nSPS) is 12.6. The van der Waals surface area contributed by atoms with Crippen molar-refractivity contribution in [3.05, 3.63) is 23.5 Å². The van der Waals surface area contributed by atoms with Crippen molar-refractivity contribution in [2.75, 3.05) is 5.73 Å². The van der Waals surface area contributed by atoms with Crippen molar-refractivity contribution in [1.82, 2.24) is 9.55 Å². The highest BCUT2D eigenvalue weighted by atomic mass is 19.1. The van der Waals surface area contributed by atoms with E-state index in [-0.39, 0.29) is 11.2 Å². The Bertz CT molecular complexity index is 611. The van der Waals surface area contributed by atoms with Crippen LogP contribution >= 0.6 is 0 Å². The van der Waals surface area contributed by atoms with E-state index in [4.69, 9.17) is 5.73 Å². The molecule has 0 aliphatic carbocycles. The minimum atomic E-state index is -0.236. The first-order chi connectivity index (χ1) is 8.72. The number of nitrogens with zero attached hydrogens (tertiary/aromatic N) is 2. The van der Waals surface area contributed by atoms with Crippen LogP contribution < -0.4 is 5.73 Å². The maximum absolute atomic E-state index is 13.6. The molecule has 1 heterocycles. The molecule has 19 heavy (non-hydrogen) atoms. The number of halogens is 1. The smallest absolute Gasteiger partial charge is 0.201 e. The SMILES string of the molecule is Cc1cc2c(cc1F)nc(N)n2CC(C)(C)C(C)C. The van der Waals surface area contributed by atoms with Gasteiger partial charge in [-0.25, -0.2) is 9.37 Å². The molecule has 2 N–H and O–H groups in total. The molecule has 104 valence electrons. The molecule has 0 fully saturated rings. The average Bonchev–Trinajstić information content (AvgIpc) is 2.56. The van der Waals surface area contributed by atoms with E-state index in [1.807, 2.05) is 10.6 Å². The fourth-order valence-corrected chi connectivity index (χ4v) is 2.02. The third kappa shape index (κ3) is 2.44. The lowest BCUT2D eigenvalue weighted by Crippen LogP contribution is -2.26. The molecule has 0 spiro atoms. The fraction of sp³-hybridized carbons (Fsp3) is 0.533. The van der Waals surface area contributed by atoms with E-state index in [9.17, 15) is 4.39 Å². The minimum absolute atomic E-state index is 0.101. The molecule has 2 aromatic rings. The summed E-state index contributed by atoms with van der Waals surface area (Å²) < 4.78 is 15.6. The second-order valence-electron chi connectivity index (χ2n) is 6.29. The summed E-state index contributed by atoms with van der Waals surface area (Å²) in [5, 5.41) is 0. The highest BCUT2D eigenvalue weighted by Gasteiger charge is 2.25. The van der Waals surface area contributed by atoms with Gasteiger partial charge in [-0.1, -0.05) is 27.7 Å². The van der Waals surface area contributed by atoms with Crippen LogP contribution in [0, 0.1) is 24.1 Å². The zero-order chi connectivity index (χ0) is 14.4. The average molecular weight is 263 g/mol. The molecule has 0 unspecified atom stereocenters. The highest BCUT2D eigenvalue weighted by molar-refractivity contribution is 5.79. The van der Waals surface area contributed by atoms with E-state index in [0.717, 1.165) is 12.1 Å². The number of anilines is 1. The molecular formula is C15H22FN3. The van der Waals surface area contributed by atoms with Gasteiger partial charge < -0.3 is 10.3 Å². The number of imidazole rings is 1. The van der Waals surface area contributed by atoms with Gasteiger partial charge in [0.2, 0.25) is 5.95 Å². The highest BCUT2D eigenvalue weighted by Crippen LogP contribution is 2.31. The maximum Gasteiger partial charge on any atom is 0.201 e. The molecule has 0 bridgehead atoms. The molecule has 0 amide bonds. The number of nitrogens with two attached hydrogens (primary N) is 1. The van der Waals surface area contributed by atoms with Gasteiger partial charge in [-0.15, -0.1) is 0 Å². The lowest BCUT2D eigenvalue weighted by molar-refractivity contribution is 0.214. The van der Waals surface area contributed by atoms with Gasteiger partial charge in [-0.05, 0) is 29.9 Å². The van der Waals surface area contributed by atoms with Crippen molar-refractivity contribution in [3.8, 4) is 0 Å². The van der Waals surface area contributed by atoms with Gasteiger partial charge in [0.25, 0.3) is 0 Å². The third-order valence-electron chi connectivity index (χ3n) is 4.19. The molecule has 1 aromatic carbocycles. The molecule has 3 nitrogen and oxygen atoms in total. The standard InChI is InChI=1S/C15H22FN3/c1-9(2)15(4,5)8-19-13-6-10(3)11(16)7-12(13)18-14(19)17/h6-7,9H,8H2,1-5H3,(H2,17,18). The summed E-state index contributed by atoms with van der Waals surface area (Å²) in [6, 6.07) is 3.28. The number of benzene rings is 1. The van der Waals surface area contributed by atoms with E-state index in [0.29, 0.717) is 22.9 Å². The molecule has 0 aliphatic heterocycles. The van der Waals surface area contributed by atoms with Crippen molar-refractivity contribution in [3.63, 3.8) is 0 Å². The van der Waals surface area contributed by atoms with Crippen LogP contribution in [0.3, 0.4) is 0 Å². The van der Waals surface area contributed by atoms with Gasteiger partial charge in [0.15, 0.2) is 0 Å². The Morgan fingerprint density at radius 2 is 2.00 bits per heavy atom. The van der Waals surface area contributed by atoms with Gasteiger partial charge in [-0.2, -0.15) is 0 Å². The summed E-state index contributed by atoms with van der Waals surface area (Å²) in [7, 11) is 0. The molecule has 0 saturated carbocycles. The summed E-state index contributed by atoms with van der Waals surface area (Å²) in [5.74, 6) is 0.736. The largest absolute Gasteiger partial charge is 0.369 e. The van der Waals surface area contributed by atoms with Crippen molar-refractivity contribution in [2.45, 2.75) is 41.2 Å². The predicted octanol–water partition coefficient (Wildman–Crippen LogP) is 3.75. The molecule has 2 rings (SSSR count). The number of fused-ring (bicyclic) bond motifs is 1. The van der Waals surface area contributed by atoms with Crippen molar-refractivity contribution < 1.29 is 4.39 Å². The van der Waals surface area contributed by atoms with Crippen LogP contribution in [0.15, 0.2) is 12.1 Å². The maximum atomic E-state index is 13.6. The molecule has 1 aromatic heterocycles. The van der Waals surface area contributed by atoms with Gasteiger partial charge in [0.1, 0.15) is 5.82 Å². The molecular weight excluding hydrogens is 241 g/mol. The molecule has 0 atom stereocenters. The van der Waals surface area contributed by atoms with E-state index in [1.165, 1.54) is 6.07 Å². The fourth-order valence-electron chi connectivity index (χ4n) is 2.02. The number of hydrogen-bond acceptors (Lipinski definition) is 2. The number of aromatic nitrogens is 2. The number of rotatable bonds is 3. The summed E-state index contributed by atoms with van der Waals surface area (Å²) in [6.45, 7) is 11.3. The van der Waals surface area contributed by atoms with E-state index in [1.54, 1.807) is 6.92 Å². The Morgan fingerprint density at radius 3 is 2.58 bits per heavy atom. The van der Waals surface area contributed by atoms with Crippen LogP contribution in [0.1, 0.15) is 33.3 Å². The Kier molecular flexibility index (Phi) is 3.29. The first-order valence-corrected chi connectivity index (χ1v) is 6.64. The Hall–Kier alpha value is -1.58. The zero-order valence-electron chi connectivity index (χ0n) is 12.3. The monoisotopic (exact) mass is 263 g/mol. The summed E-state index contributed by atoms with van der Waals surface area (Å²) >= 11 is 0. The molecule has 0 aliphatic rings. The summed E-state index contributed by atoms with van der Waals surface area (Å²) in [4.78, 5) is 4.26. The quantitative estimate of drug-likeness (QED) is 0.916. The zero-order valence-corrected chi connectivity index (χ0v) is 12.3. The Labute approximate surface area is 113 Å². The molecule has 0 saturated heterocycles. The number of nitrogen functional groups attached to an aromatic ring is 1. The molecule has 4 heteroatoms. The van der Waals surface area contributed by atoms with Gasteiger partial charge in [0.05, 0.1) is 11.0 Å². The van der Waals surface area contributed by atoms with Crippen molar-refractivity contribution >= 4 is 17.0 Å². The van der Waals surface area contributed by atoms with Crippen LogP contribution in [0.25, 0.3) is 11.0 Å². The summed E-state index contributed by atoms with van der Waals surface area (Å²) in [6.07, 6.45) is 0. The van der Waals surface area contributed by atoms with E-state index >= 15 is 0 Å². The van der Waals surface area contributed by atoms with Gasteiger partial charge in [-0.3, -0.25) is 0 Å². The van der Waals surface area contributed by atoms with Crippen LogP contribution in [-0.4, -0.2) is 9.55 Å².